The van der Waals surface area contributed by atoms with E-state index >= 15 is 0 Å². The molecule has 0 aliphatic heterocycles. The summed E-state index contributed by atoms with van der Waals surface area (Å²) in [7, 11) is 4.05. The molecule has 0 spiro atoms. The molecule has 1 N–H and O–H groups in total. The van der Waals surface area contributed by atoms with Crippen LogP contribution >= 0.6 is 0 Å². The van der Waals surface area contributed by atoms with Gasteiger partial charge in [0.1, 0.15) is 0 Å². The average molecular weight is 144 g/mol. The molecule has 0 bridgehead atoms. The number of nitrogens with one attached hydrogen (secondary N) is 1. The summed E-state index contributed by atoms with van der Waals surface area (Å²) in [4.78, 5) is 0. The molecule has 0 rings (SSSR count). The molecule has 0 amide bonds. The Labute approximate surface area is 64.6 Å². The Morgan fingerprint density at radius 2 is 1.70 bits per heavy atom. The summed E-state index contributed by atoms with van der Waals surface area (Å²) in [6, 6.07) is 0.593. The molecule has 0 unspecified atom stereocenters. The van der Waals surface area contributed by atoms with E-state index in [4.69, 9.17) is 0 Å². The van der Waals surface area contributed by atoms with Crippen molar-refractivity contribution in [3.05, 3.63) is 0 Å². The number of hydrogen-bond acceptors (Lipinski definition) is 2. The highest BCUT2D eigenvalue weighted by molar-refractivity contribution is 4.58. The van der Waals surface area contributed by atoms with Crippen LogP contribution < -0.4 is 5.43 Å². The Morgan fingerprint density at radius 3 is 2.00 bits per heavy atom. The van der Waals surface area contributed by atoms with E-state index in [2.05, 4.69) is 26.2 Å². The van der Waals surface area contributed by atoms with Crippen molar-refractivity contribution in [3.63, 3.8) is 0 Å². The van der Waals surface area contributed by atoms with Gasteiger partial charge in [-0.05, 0) is 19.3 Å². The van der Waals surface area contributed by atoms with Crippen LogP contribution in [0.2, 0.25) is 0 Å². The first-order valence-electron chi connectivity index (χ1n) is 3.96. The van der Waals surface area contributed by atoms with Gasteiger partial charge in [0.05, 0.1) is 0 Å². The van der Waals surface area contributed by atoms with Crippen molar-refractivity contribution in [1.29, 1.82) is 0 Å². The van der Waals surface area contributed by atoms with Gasteiger partial charge in [-0.2, -0.15) is 0 Å². The first kappa shape index (κ1) is 9.92. The Hall–Kier alpha value is -0.0800. The minimum Gasteiger partial charge on any atom is -0.253 e. The summed E-state index contributed by atoms with van der Waals surface area (Å²) >= 11 is 0. The standard InChI is InChI=1S/C8H20N2/c1-7(2)6-8(3)9-10(4)5/h7-9H,6H2,1-5H3/t8-/m1/s1. The van der Waals surface area contributed by atoms with E-state index in [0.717, 1.165) is 5.92 Å². The molecule has 0 aromatic heterocycles. The maximum Gasteiger partial charge on any atom is 0.0189 e. The summed E-state index contributed by atoms with van der Waals surface area (Å²) in [6.45, 7) is 6.70. The second kappa shape index (κ2) is 4.69. The van der Waals surface area contributed by atoms with Crippen molar-refractivity contribution in [1.82, 2.24) is 10.4 Å². The average Bonchev–Trinajstić information content (AvgIpc) is 1.58. The highest BCUT2D eigenvalue weighted by atomic mass is 15.5. The lowest BCUT2D eigenvalue weighted by atomic mass is 10.1. The van der Waals surface area contributed by atoms with Gasteiger partial charge < -0.3 is 0 Å². The molecule has 0 saturated carbocycles. The van der Waals surface area contributed by atoms with Crippen LogP contribution in [0.5, 0.6) is 0 Å². The Balaban J connectivity index is 3.34. The molecule has 1 atom stereocenters. The molecule has 0 heterocycles. The van der Waals surface area contributed by atoms with Crippen LogP contribution in [-0.4, -0.2) is 25.1 Å². The number of nitrogens with zero attached hydrogens (tertiary/aromatic N) is 1. The zero-order chi connectivity index (χ0) is 8.15. The zero-order valence-electron chi connectivity index (χ0n) is 7.81. The Kier molecular flexibility index (Phi) is 4.65. The zero-order valence-corrected chi connectivity index (χ0v) is 7.81. The molecule has 2 nitrogen and oxygen atoms in total. The molecule has 62 valence electrons. The molecular formula is C8H20N2. The lowest BCUT2D eigenvalue weighted by molar-refractivity contribution is 0.232. The summed E-state index contributed by atoms with van der Waals surface area (Å²) in [6.07, 6.45) is 1.23. The van der Waals surface area contributed by atoms with Gasteiger partial charge in [0.25, 0.3) is 0 Å². The first-order chi connectivity index (χ1) is 4.52. The van der Waals surface area contributed by atoms with E-state index in [9.17, 15) is 0 Å². The number of rotatable bonds is 4. The monoisotopic (exact) mass is 144 g/mol. The number of hydrazine groups is 1. The highest BCUT2D eigenvalue weighted by Gasteiger charge is 2.03. The molecular weight excluding hydrogens is 124 g/mol. The van der Waals surface area contributed by atoms with Crippen LogP contribution in [0.15, 0.2) is 0 Å². The molecule has 0 aromatic carbocycles. The van der Waals surface area contributed by atoms with Gasteiger partial charge in [-0.25, -0.2) is 0 Å². The van der Waals surface area contributed by atoms with E-state index < -0.39 is 0 Å². The lowest BCUT2D eigenvalue weighted by Crippen LogP contribution is -2.38. The normalized spacial score (nSPS) is 14.7. The van der Waals surface area contributed by atoms with Gasteiger partial charge in [-0.3, -0.25) is 10.4 Å². The molecule has 10 heavy (non-hydrogen) atoms. The molecule has 0 aromatic rings. The molecule has 0 saturated heterocycles. The van der Waals surface area contributed by atoms with Crippen LogP contribution in [0.4, 0.5) is 0 Å². The molecule has 0 aliphatic carbocycles. The van der Waals surface area contributed by atoms with E-state index in [1.165, 1.54) is 6.42 Å². The summed E-state index contributed by atoms with van der Waals surface area (Å²) in [5.74, 6) is 0.780. The Morgan fingerprint density at radius 1 is 1.20 bits per heavy atom. The van der Waals surface area contributed by atoms with Crippen LogP contribution in [0.1, 0.15) is 27.2 Å². The minimum absolute atomic E-state index is 0.593. The summed E-state index contributed by atoms with van der Waals surface area (Å²) in [5, 5.41) is 2.01. The maximum absolute atomic E-state index is 3.31. The second-order valence-electron chi connectivity index (χ2n) is 3.55. The van der Waals surface area contributed by atoms with Gasteiger partial charge in [-0.1, -0.05) is 13.8 Å². The van der Waals surface area contributed by atoms with Crippen LogP contribution in [0, 0.1) is 5.92 Å². The van der Waals surface area contributed by atoms with Crippen molar-refractivity contribution in [2.75, 3.05) is 14.1 Å². The van der Waals surface area contributed by atoms with E-state index in [1.54, 1.807) is 0 Å². The van der Waals surface area contributed by atoms with Crippen molar-refractivity contribution in [2.24, 2.45) is 5.92 Å². The van der Waals surface area contributed by atoms with Gasteiger partial charge in [0.15, 0.2) is 0 Å². The van der Waals surface area contributed by atoms with Crippen LogP contribution in [0.3, 0.4) is 0 Å². The number of hydrogen-bond donors (Lipinski definition) is 1. The predicted octanol–water partition coefficient (Wildman–Crippen LogP) is 1.49. The third kappa shape index (κ3) is 6.05. The highest BCUT2D eigenvalue weighted by Crippen LogP contribution is 2.03. The maximum atomic E-state index is 3.31. The smallest absolute Gasteiger partial charge is 0.0189 e. The predicted molar refractivity (Wildman–Crippen MR) is 45.7 cm³/mol. The molecule has 0 aliphatic rings. The van der Waals surface area contributed by atoms with Gasteiger partial charge in [0, 0.05) is 20.1 Å². The summed E-state index contributed by atoms with van der Waals surface area (Å²) in [5.41, 5.74) is 3.31. The van der Waals surface area contributed by atoms with E-state index in [0.29, 0.717) is 6.04 Å². The molecule has 0 radical (unpaired) electrons. The van der Waals surface area contributed by atoms with E-state index in [-0.39, 0.29) is 0 Å². The van der Waals surface area contributed by atoms with Gasteiger partial charge >= 0.3 is 0 Å². The van der Waals surface area contributed by atoms with Gasteiger partial charge in [-0.15, -0.1) is 0 Å². The fraction of sp³-hybridized carbons (Fsp3) is 1.00. The van der Waals surface area contributed by atoms with E-state index in [1.807, 2.05) is 19.1 Å². The van der Waals surface area contributed by atoms with Crippen molar-refractivity contribution in [2.45, 2.75) is 33.2 Å². The topological polar surface area (TPSA) is 15.3 Å². The SMILES string of the molecule is CC(C)C[C@@H](C)NN(C)C. The molecule has 0 fully saturated rings. The van der Waals surface area contributed by atoms with Crippen molar-refractivity contribution < 1.29 is 0 Å². The summed E-state index contributed by atoms with van der Waals surface area (Å²) < 4.78 is 0. The fourth-order valence-electron chi connectivity index (χ4n) is 1.20. The quantitative estimate of drug-likeness (QED) is 0.601. The second-order valence-corrected chi connectivity index (χ2v) is 3.55. The van der Waals surface area contributed by atoms with Crippen LogP contribution in [-0.2, 0) is 0 Å². The lowest BCUT2D eigenvalue weighted by Gasteiger charge is -2.20. The van der Waals surface area contributed by atoms with Crippen LogP contribution in [0.25, 0.3) is 0 Å². The largest absolute Gasteiger partial charge is 0.253 e. The molecule has 2 heteroatoms. The minimum atomic E-state index is 0.593. The van der Waals surface area contributed by atoms with Crippen molar-refractivity contribution >= 4 is 0 Å². The van der Waals surface area contributed by atoms with Crippen molar-refractivity contribution in [3.8, 4) is 0 Å². The first-order valence-corrected chi connectivity index (χ1v) is 3.96. The fourth-order valence-corrected chi connectivity index (χ4v) is 1.20. The van der Waals surface area contributed by atoms with Gasteiger partial charge in [0.2, 0.25) is 0 Å². The third-order valence-electron chi connectivity index (χ3n) is 1.30. The third-order valence-corrected chi connectivity index (χ3v) is 1.30. The Bertz CT molecular complexity index is 69.3.